The van der Waals surface area contributed by atoms with E-state index in [2.05, 4.69) is 4.98 Å². The molecule has 0 saturated heterocycles. The zero-order valence-electron chi connectivity index (χ0n) is 9.51. The first-order valence-corrected chi connectivity index (χ1v) is 6.04. The number of aromatic nitrogens is 1. The van der Waals surface area contributed by atoms with E-state index in [9.17, 15) is 0 Å². The van der Waals surface area contributed by atoms with Crippen LogP contribution in [0.5, 0.6) is 0 Å². The van der Waals surface area contributed by atoms with Crippen molar-refractivity contribution in [2.24, 2.45) is 5.73 Å². The van der Waals surface area contributed by atoms with Crippen molar-refractivity contribution in [2.75, 3.05) is 0 Å². The van der Waals surface area contributed by atoms with E-state index in [1.165, 1.54) is 5.56 Å². The molecular weight excluding hydrogens is 232 g/mol. The molecule has 1 aromatic heterocycles. The Bertz CT molecular complexity index is 471. The topological polar surface area (TPSA) is 38.9 Å². The van der Waals surface area contributed by atoms with Crippen LogP contribution in [0.3, 0.4) is 0 Å². The van der Waals surface area contributed by atoms with E-state index in [1.54, 1.807) is 12.4 Å². The summed E-state index contributed by atoms with van der Waals surface area (Å²) < 4.78 is 0. The third-order valence-corrected chi connectivity index (χ3v) is 3.14. The van der Waals surface area contributed by atoms with Crippen molar-refractivity contribution in [1.29, 1.82) is 0 Å². The Labute approximate surface area is 106 Å². The predicted octanol–water partition coefficient (Wildman–Crippen LogP) is 3.37. The van der Waals surface area contributed by atoms with Gasteiger partial charge in [0.05, 0.1) is 0 Å². The maximum atomic E-state index is 6.14. The fraction of sp³-hybridized carbons (Fsp3) is 0.214. The van der Waals surface area contributed by atoms with Crippen molar-refractivity contribution < 1.29 is 0 Å². The normalized spacial score (nSPS) is 12.4. The molecule has 2 rings (SSSR count). The van der Waals surface area contributed by atoms with Crippen LogP contribution in [0.1, 0.15) is 23.6 Å². The summed E-state index contributed by atoms with van der Waals surface area (Å²) in [5, 5.41) is 0.745. The molecular formula is C14H15ClN2. The molecule has 0 bridgehead atoms. The van der Waals surface area contributed by atoms with E-state index in [0.29, 0.717) is 0 Å². The Hall–Kier alpha value is -1.38. The molecule has 0 fully saturated rings. The van der Waals surface area contributed by atoms with Gasteiger partial charge in [-0.25, -0.2) is 0 Å². The van der Waals surface area contributed by atoms with Crippen molar-refractivity contribution in [1.82, 2.24) is 4.98 Å². The first-order chi connectivity index (χ1) is 8.27. The molecule has 2 nitrogen and oxygen atoms in total. The van der Waals surface area contributed by atoms with E-state index < -0.39 is 0 Å². The smallest absolute Gasteiger partial charge is 0.0453 e. The van der Waals surface area contributed by atoms with E-state index in [1.807, 2.05) is 36.4 Å². The molecule has 2 N–H and O–H groups in total. The van der Waals surface area contributed by atoms with Crippen LogP contribution in [-0.4, -0.2) is 4.98 Å². The van der Waals surface area contributed by atoms with Crippen LogP contribution in [-0.2, 0) is 6.42 Å². The van der Waals surface area contributed by atoms with Crippen LogP contribution in [0.2, 0.25) is 5.02 Å². The number of nitrogens with zero attached hydrogens (tertiary/aromatic N) is 1. The zero-order valence-corrected chi connectivity index (χ0v) is 10.3. The molecule has 0 amide bonds. The SMILES string of the molecule is NC(CCc1ccncc1)c1ccccc1Cl. The zero-order chi connectivity index (χ0) is 12.1. The molecule has 1 unspecified atom stereocenters. The van der Waals surface area contributed by atoms with E-state index in [-0.39, 0.29) is 6.04 Å². The molecule has 3 heteroatoms. The van der Waals surface area contributed by atoms with Crippen LogP contribution in [0.15, 0.2) is 48.8 Å². The summed E-state index contributed by atoms with van der Waals surface area (Å²) in [5.74, 6) is 0. The van der Waals surface area contributed by atoms with Gasteiger partial charge >= 0.3 is 0 Å². The van der Waals surface area contributed by atoms with Crippen LogP contribution in [0, 0.1) is 0 Å². The Balaban J connectivity index is 1.99. The Morgan fingerprint density at radius 2 is 1.82 bits per heavy atom. The number of hydrogen-bond acceptors (Lipinski definition) is 2. The van der Waals surface area contributed by atoms with Gasteiger partial charge < -0.3 is 5.73 Å². The minimum Gasteiger partial charge on any atom is -0.324 e. The lowest BCUT2D eigenvalue weighted by Gasteiger charge is -2.13. The summed E-state index contributed by atoms with van der Waals surface area (Å²) in [6, 6.07) is 11.8. The molecule has 88 valence electrons. The summed E-state index contributed by atoms with van der Waals surface area (Å²) in [6.07, 6.45) is 5.43. The second-order valence-electron chi connectivity index (χ2n) is 4.02. The van der Waals surface area contributed by atoms with Gasteiger partial charge in [0, 0.05) is 23.5 Å². The second-order valence-corrected chi connectivity index (χ2v) is 4.43. The van der Waals surface area contributed by atoms with Gasteiger partial charge in [-0.1, -0.05) is 29.8 Å². The minimum atomic E-state index is -0.0168. The summed E-state index contributed by atoms with van der Waals surface area (Å²) >= 11 is 6.11. The van der Waals surface area contributed by atoms with Gasteiger partial charge in [0.1, 0.15) is 0 Å². The monoisotopic (exact) mass is 246 g/mol. The lowest BCUT2D eigenvalue weighted by atomic mass is 10.0. The Morgan fingerprint density at radius 3 is 2.53 bits per heavy atom. The summed E-state index contributed by atoms with van der Waals surface area (Å²) in [4.78, 5) is 3.99. The molecule has 0 aliphatic rings. The van der Waals surface area contributed by atoms with E-state index >= 15 is 0 Å². The number of hydrogen-bond donors (Lipinski definition) is 1. The number of aryl methyl sites for hydroxylation is 1. The fourth-order valence-corrected chi connectivity index (χ4v) is 2.08. The fourth-order valence-electron chi connectivity index (χ4n) is 1.80. The number of halogens is 1. The van der Waals surface area contributed by atoms with Gasteiger partial charge in [-0.2, -0.15) is 0 Å². The predicted molar refractivity (Wildman–Crippen MR) is 70.9 cm³/mol. The number of rotatable bonds is 4. The maximum absolute atomic E-state index is 6.14. The van der Waals surface area contributed by atoms with E-state index in [4.69, 9.17) is 17.3 Å². The summed E-state index contributed by atoms with van der Waals surface area (Å²) in [6.45, 7) is 0. The average Bonchev–Trinajstić information content (AvgIpc) is 2.38. The lowest BCUT2D eigenvalue weighted by molar-refractivity contribution is 0.651. The number of benzene rings is 1. The van der Waals surface area contributed by atoms with Gasteiger partial charge in [0.2, 0.25) is 0 Å². The molecule has 0 aliphatic heterocycles. The molecule has 0 radical (unpaired) electrons. The quantitative estimate of drug-likeness (QED) is 0.898. The standard InChI is InChI=1S/C14H15ClN2/c15-13-4-2-1-3-12(13)14(16)6-5-11-7-9-17-10-8-11/h1-4,7-10,14H,5-6,16H2. The molecule has 0 aliphatic carbocycles. The van der Waals surface area contributed by atoms with Crippen LogP contribution in [0.25, 0.3) is 0 Å². The highest BCUT2D eigenvalue weighted by atomic mass is 35.5. The first-order valence-electron chi connectivity index (χ1n) is 5.66. The van der Waals surface area contributed by atoms with Crippen molar-refractivity contribution >= 4 is 11.6 Å². The van der Waals surface area contributed by atoms with E-state index in [0.717, 1.165) is 23.4 Å². The van der Waals surface area contributed by atoms with Crippen LogP contribution in [0.4, 0.5) is 0 Å². The molecule has 1 atom stereocenters. The highest BCUT2D eigenvalue weighted by molar-refractivity contribution is 6.31. The van der Waals surface area contributed by atoms with Gasteiger partial charge in [-0.3, -0.25) is 4.98 Å². The summed E-state index contributed by atoms with van der Waals surface area (Å²) in [5.41, 5.74) is 8.41. The third-order valence-electron chi connectivity index (χ3n) is 2.80. The van der Waals surface area contributed by atoms with Crippen LogP contribution >= 0.6 is 11.6 Å². The highest BCUT2D eigenvalue weighted by Gasteiger charge is 2.09. The van der Waals surface area contributed by atoms with Crippen molar-refractivity contribution in [2.45, 2.75) is 18.9 Å². The minimum absolute atomic E-state index is 0.0168. The molecule has 1 heterocycles. The van der Waals surface area contributed by atoms with Crippen molar-refractivity contribution in [3.63, 3.8) is 0 Å². The number of nitrogens with two attached hydrogens (primary N) is 1. The molecule has 2 aromatic rings. The van der Waals surface area contributed by atoms with Gasteiger partial charge in [0.15, 0.2) is 0 Å². The van der Waals surface area contributed by atoms with Crippen LogP contribution < -0.4 is 5.73 Å². The third kappa shape index (κ3) is 3.29. The Kier molecular flexibility index (Phi) is 4.13. The molecule has 0 saturated carbocycles. The van der Waals surface area contributed by atoms with Crippen molar-refractivity contribution in [3.05, 3.63) is 64.9 Å². The summed E-state index contributed by atoms with van der Waals surface area (Å²) in [7, 11) is 0. The van der Waals surface area contributed by atoms with Gasteiger partial charge in [-0.05, 0) is 42.2 Å². The average molecular weight is 247 g/mol. The molecule has 1 aromatic carbocycles. The van der Waals surface area contributed by atoms with Crippen molar-refractivity contribution in [3.8, 4) is 0 Å². The lowest BCUT2D eigenvalue weighted by Crippen LogP contribution is -2.11. The Morgan fingerprint density at radius 1 is 1.12 bits per heavy atom. The molecule has 0 spiro atoms. The largest absolute Gasteiger partial charge is 0.324 e. The second kappa shape index (κ2) is 5.80. The van der Waals surface area contributed by atoms with Gasteiger partial charge in [-0.15, -0.1) is 0 Å². The first kappa shape index (κ1) is 12.1. The number of pyridine rings is 1. The van der Waals surface area contributed by atoms with Gasteiger partial charge in [0.25, 0.3) is 0 Å². The highest BCUT2D eigenvalue weighted by Crippen LogP contribution is 2.24. The maximum Gasteiger partial charge on any atom is 0.0453 e. The molecule has 17 heavy (non-hydrogen) atoms.